The van der Waals surface area contributed by atoms with Crippen LogP contribution in [0.3, 0.4) is 0 Å². The summed E-state index contributed by atoms with van der Waals surface area (Å²) in [5, 5.41) is 2.94. The number of carbonyl (C=O) groups excluding carboxylic acids is 1. The summed E-state index contributed by atoms with van der Waals surface area (Å²) < 4.78 is 5.35. The van der Waals surface area contributed by atoms with E-state index in [1.54, 1.807) is 6.20 Å². The fraction of sp³-hybridized carbons (Fsp3) is 0.647. The molecule has 2 amide bonds. The van der Waals surface area contributed by atoms with Crippen molar-refractivity contribution in [1.29, 1.82) is 0 Å². The molecule has 24 heavy (non-hydrogen) atoms. The molecule has 7 nitrogen and oxygen atoms in total. The second-order valence-electron chi connectivity index (χ2n) is 6.38. The first-order chi connectivity index (χ1) is 11.7. The minimum absolute atomic E-state index is 0.0705. The van der Waals surface area contributed by atoms with E-state index < -0.39 is 0 Å². The fourth-order valence-electron chi connectivity index (χ4n) is 3.23. The van der Waals surface area contributed by atoms with Crippen LogP contribution < -0.4 is 10.2 Å². The monoisotopic (exact) mass is 333 g/mol. The SMILES string of the molecule is CCN1CC[C@@H](N(C)C(=O)Nc2ccc(N3CCOCC3)nc2)C1. The van der Waals surface area contributed by atoms with Gasteiger partial charge in [0.15, 0.2) is 0 Å². The van der Waals surface area contributed by atoms with E-state index in [0.29, 0.717) is 0 Å². The molecule has 0 saturated carbocycles. The van der Waals surface area contributed by atoms with Crippen molar-refractivity contribution in [2.24, 2.45) is 0 Å². The highest BCUT2D eigenvalue weighted by atomic mass is 16.5. The molecule has 0 aliphatic carbocycles. The van der Waals surface area contributed by atoms with E-state index in [4.69, 9.17) is 4.74 Å². The molecule has 1 aromatic heterocycles. The summed E-state index contributed by atoms with van der Waals surface area (Å²) in [4.78, 5) is 23.3. The van der Waals surface area contributed by atoms with Gasteiger partial charge in [-0.2, -0.15) is 0 Å². The van der Waals surface area contributed by atoms with Crippen molar-refractivity contribution < 1.29 is 9.53 Å². The van der Waals surface area contributed by atoms with Crippen LogP contribution in [0.1, 0.15) is 13.3 Å². The van der Waals surface area contributed by atoms with Crippen LogP contribution in [0.4, 0.5) is 16.3 Å². The van der Waals surface area contributed by atoms with Gasteiger partial charge in [0, 0.05) is 39.3 Å². The van der Waals surface area contributed by atoms with E-state index in [2.05, 4.69) is 27.0 Å². The lowest BCUT2D eigenvalue weighted by molar-refractivity contribution is 0.122. The number of urea groups is 1. The van der Waals surface area contributed by atoms with Crippen molar-refractivity contribution in [3.8, 4) is 0 Å². The number of likely N-dealkylation sites (tertiary alicyclic amines) is 1. The predicted molar refractivity (Wildman–Crippen MR) is 94.6 cm³/mol. The van der Waals surface area contributed by atoms with Crippen molar-refractivity contribution >= 4 is 17.5 Å². The second kappa shape index (κ2) is 7.81. The van der Waals surface area contributed by atoms with Gasteiger partial charge >= 0.3 is 6.03 Å². The Morgan fingerprint density at radius 1 is 1.38 bits per heavy atom. The molecule has 0 aromatic carbocycles. The maximum absolute atomic E-state index is 12.4. The lowest BCUT2D eigenvalue weighted by Crippen LogP contribution is -2.41. The van der Waals surface area contributed by atoms with E-state index in [1.807, 2.05) is 24.1 Å². The Morgan fingerprint density at radius 3 is 2.79 bits per heavy atom. The van der Waals surface area contributed by atoms with Crippen LogP contribution in [0.15, 0.2) is 18.3 Å². The van der Waals surface area contributed by atoms with Crippen LogP contribution in [0, 0.1) is 0 Å². The van der Waals surface area contributed by atoms with Crippen LogP contribution >= 0.6 is 0 Å². The van der Waals surface area contributed by atoms with Crippen molar-refractivity contribution in [2.45, 2.75) is 19.4 Å². The standard InChI is InChI=1S/C17H27N5O2/c1-3-21-7-6-15(13-21)20(2)17(23)19-14-4-5-16(18-12-14)22-8-10-24-11-9-22/h4-5,12,15H,3,6-11,13H2,1-2H3,(H,19,23)/t15-/m1/s1. The van der Waals surface area contributed by atoms with Crippen molar-refractivity contribution in [1.82, 2.24) is 14.8 Å². The molecule has 2 aliphatic rings. The molecule has 2 aliphatic heterocycles. The smallest absolute Gasteiger partial charge is 0.321 e. The summed E-state index contributed by atoms with van der Waals surface area (Å²) in [7, 11) is 1.87. The summed E-state index contributed by atoms with van der Waals surface area (Å²) in [5.74, 6) is 0.930. The predicted octanol–water partition coefficient (Wildman–Crippen LogP) is 1.48. The zero-order chi connectivity index (χ0) is 16.9. The van der Waals surface area contributed by atoms with Gasteiger partial charge in [-0.15, -0.1) is 0 Å². The van der Waals surface area contributed by atoms with Gasteiger partial charge in [-0.1, -0.05) is 6.92 Å². The van der Waals surface area contributed by atoms with E-state index in [9.17, 15) is 4.79 Å². The maximum atomic E-state index is 12.4. The normalized spacial score (nSPS) is 21.8. The van der Waals surface area contributed by atoms with Gasteiger partial charge in [0.05, 0.1) is 25.1 Å². The lowest BCUT2D eigenvalue weighted by atomic mass is 10.2. The molecule has 0 spiro atoms. The Morgan fingerprint density at radius 2 is 2.17 bits per heavy atom. The van der Waals surface area contributed by atoms with Gasteiger partial charge in [0.2, 0.25) is 0 Å². The van der Waals surface area contributed by atoms with Crippen LogP contribution in [-0.4, -0.2) is 79.8 Å². The number of nitrogens with zero attached hydrogens (tertiary/aromatic N) is 4. The fourth-order valence-corrected chi connectivity index (χ4v) is 3.23. The number of morpholine rings is 1. The van der Waals surface area contributed by atoms with Gasteiger partial charge in [-0.25, -0.2) is 9.78 Å². The maximum Gasteiger partial charge on any atom is 0.321 e. The number of carbonyl (C=O) groups is 1. The third kappa shape index (κ3) is 3.96. The average Bonchev–Trinajstić information content (AvgIpc) is 3.11. The number of hydrogen-bond acceptors (Lipinski definition) is 5. The topological polar surface area (TPSA) is 60.9 Å². The van der Waals surface area contributed by atoms with Crippen LogP contribution in [-0.2, 0) is 4.74 Å². The van der Waals surface area contributed by atoms with Crippen molar-refractivity contribution in [3.63, 3.8) is 0 Å². The molecule has 132 valence electrons. The summed E-state index contributed by atoms with van der Waals surface area (Å²) in [6, 6.07) is 4.08. The summed E-state index contributed by atoms with van der Waals surface area (Å²) in [5.41, 5.74) is 0.731. The molecule has 7 heteroatoms. The Bertz CT molecular complexity index is 544. The van der Waals surface area contributed by atoms with Crippen LogP contribution in [0.2, 0.25) is 0 Å². The Kier molecular flexibility index (Phi) is 5.52. The number of nitrogens with one attached hydrogen (secondary N) is 1. The molecule has 1 N–H and O–H groups in total. The van der Waals surface area contributed by atoms with Crippen molar-refractivity contribution in [3.05, 3.63) is 18.3 Å². The van der Waals surface area contributed by atoms with Crippen LogP contribution in [0.5, 0.6) is 0 Å². The first-order valence-electron chi connectivity index (χ1n) is 8.72. The van der Waals surface area contributed by atoms with E-state index in [0.717, 1.165) is 63.9 Å². The zero-order valence-corrected chi connectivity index (χ0v) is 14.6. The second-order valence-corrected chi connectivity index (χ2v) is 6.38. The number of likely N-dealkylation sites (N-methyl/N-ethyl adjacent to an activating group) is 2. The number of ether oxygens (including phenoxy) is 1. The summed E-state index contributed by atoms with van der Waals surface area (Å²) in [6.45, 7) is 8.41. The Hall–Kier alpha value is -1.86. The zero-order valence-electron chi connectivity index (χ0n) is 14.6. The molecule has 1 atom stereocenters. The summed E-state index contributed by atoms with van der Waals surface area (Å²) in [6.07, 6.45) is 2.76. The third-order valence-corrected chi connectivity index (χ3v) is 4.90. The van der Waals surface area contributed by atoms with Gasteiger partial charge in [0.25, 0.3) is 0 Å². The molecule has 3 rings (SSSR count). The first kappa shape index (κ1) is 17.0. The van der Waals surface area contributed by atoms with E-state index in [1.165, 1.54) is 0 Å². The van der Waals surface area contributed by atoms with Gasteiger partial charge in [-0.05, 0) is 25.1 Å². The van der Waals surface area contributed by atoms with Crippen molar-refractivity contribution in [2.75, 3.05) is 63.2 Å². The number of rotatable bonds is 4. The Balaban J connectivity index is 1.54. The number of aromatic nitrogens is 1. The average molecular weight is 333 g/mol. The van der Waals surface area contributed by atoms with Gasteiger partial charge in [-0.3, -0.25) is 0 Å². The quantitative estimate of drug-likeness (QED) is 0.904. The number of anilines is 2. The molecule has 0 unspecified atom stereocenters. The molecule has 0 radical (unpaired) electrons. The molecule has 1 aromatic rings. The van der Waals surface area contributed by atoms with Gasteiger partial charge in [0.1, 0.15) is 5.82 Å². The Labute approximate surface area is 143 Å². The molecule has 0 bridgehead atoms. The van der Waals surface area contributed by atoms with Gasteiger partial charge < -0.3 is 24.8 Å². The number of pyridine rings is 1. The third-order valence-electron chi connectivity index (χ3n) is 4.90. The highest BCUT2D eigenvalue weighted by Gasteiger charge is 2.27. The molecular weight excluding hydrogens is 306 g/mol. The summed E-state index contributed by atoms with van der Waals surface area (Å²) >= 11 is 0. The number of hydrogen-bond donors (Lipinski definition) is 1. The molecular formula is C17H27N5O2. The largest absolute Gasteiger partial charge is 0.378 e. The molecule has 3 heterocycles. The minimum Gasteiger partial charge on any atom is -0.378 e. The number of amides is 2. The lowest BCUT2D eigenvalue weighted by Gasteiger charge is -2.28. The van der Waals surface area contributed by atoms with E-state index in [-0.39, 0.29) is 12.1 Å². The van der Waals surface area contributed by atoms with E-state index >= 15 is 0 Å². The molecule has 2 fully saturated rings. The minimum atomic E-state index is -0.0705. The van der Waals surface area contributed by atoms with Crippen LogP contribution in [0.25, 0.3) is 0 Å². The molecule has 2 saturated heterocycles. The first-order valence-corrected chi connectivity index (χ1v) is 8.72. The highest BCUT2D eigenvalue weighted by Crippen LogP contribution is 2.18. The highest BCUT2D eigenvalue weighted by molar-refractivity contribution is 5.89.